The number of ketones is 1. The fraction of sp³-hybridized carbons (Fsp3) is 0.133. The largest absolute Gasteiger partial charge is 0.295 e. The predicted octanol–water partition coefficient (Wildman–Crippen LogP) is 4.66. The molecule has 0 saturated carbocycles. The molecule has 0 heterocycles. The highest BCUT2D eigenvalue weighted by Gasteiger charge is 2.11. The molecule has 0 aliphatic rings. The van der Waals surface area contributed by atoms with Crippen LogP contribution in [-0.4, -0.2) is 5.78 Å². The molecule has 2 rings (SSSR count). The quantitative estimate of drug-likeness (QED) is 0.720. The van der Waals surface area contributed by atoms with Crippen molar-refractivity contribution in [2.75, 3.05) is 0 Å². The van der Waals surface area contributed by atoms with E-state index < -0.39 is 5.82 Å². The molecule has 0 radical (unpaired) electrons. The zero-order valence-electron chi connectivity index (χ0n) is 10.1. The monoisotopic (exact) mass is 262 g/mol. The van der Waals surface area contributed by atoms with Crippen molar-refractivity contribution in [1.29, 1.82) is 0 Å². The number of rotatable bonds is 2. The average Bonchev–Trinajstić information content (AvgIpc) is 2.33. The minimum absolute atomic E-state index is 0.0122. The molecule has 0 amide bonds. The van der Waals surface area contributed by atoms with Crippen LogP contribution in [0.1, 0.15) is 22.8 Å². The Bertz CT molecular complexity index is 620. The molecule has 0 aliphatic carbocycles. The Balaban J connectivity index is 2.62. The zero-order chi connectivity index (χ0) is 13.3. The lowest BCUT2D eigenvalue weighted by molar-refractivity contribution is 0.101. The van der Waals surface area contributed by atoms with Gasteiger partial charge in [-0.15, -0.1) is 0 Å². The van der Waals surface area contributed by atoms with Gasteiger partial charge in [-0.25, -0.2) is 4.39 Å². The molecule has 0 unspecified atom stereocenters. The Labute approximate surface area is 110 Å². The number of hydrogen-bond donors (Lipinski definition) is 0. The fourth-order valence-corrected chi connectivity index (χ4v) is 2.13. The summed E-state index contributed by atoms with van der Waals surface area (Å²) in [5.74, 6) is -0.471. The van der Waals surface area contributed by atoms with Crippen molar-refractivity contribution >= 4 is 17.4 Å². The van der Waals surface area contributed by atoms with Crippen LogP contribution in [-0.2, 0) is 0 Å². The van der Waals surface area contributed by atoms with Gasteiger partial charge < -0.3 is 0 Å². The molecule has 0 bridgehead atoms. The smallest absolute Gasteiger partial charge is 0.160 e. The van der Waals surface area contributed by atoms with E-state index in [2.05, 4.69) is 0 Å². The Morgan fingerprint density at radius 3 is 2.61 bits per heavy atom. The highest BCUT2D eigenvalue weighted by atomic mass is 35.5. The van der Waals surface area contributed by atoms with Crippen LogP contribution in [0.4, 0.5) is 4.39 Å². The molecule has 0 fully saturated rings. The first-order valence-corrected chi connectivity index (χ1v) is 5.94. The predicted molar refractivity (Wildman–Crippen MR) is 71.6 cm³/mol. The third kappa shape index (κ3) is 2.29. The van der Waals surface area contributed by atoms with Gasteiger partial charge in [0.05, 0.1) is 5.02 Å². The molecular weight excluding hydrogens is 251 g/mol. The fourth-order valence-electron chi connectivity index (χ4n) is 1.90. The van der Waals surface area contributed by atoms with Crippen LogP contribution in [0.5, 0.6) is 0 Å². The van der Waals surface area contributed by atoms with E-state index in [4.69, 9.17) is 11.6 Å². The molecule has 1 nitrogen and oxygen atoms in total. The summed E-state index contributed by atoms with van der Waals surface area (Å²) >= 11 is 5.94. The van der Waals surface area contributed by atoms with Gasteiger partial charge in [0.15, 0.2) is 5.78 Å². The van der Waals surface area contributed by atoms with E-state index in [-0.39, 0.29) is 10.8 Å². The first-order chi connectivity index (χ1) is 8.50. The molecule has 92 valence electrons. The molecule has 0 spiro atoms. The third-order valence-electron chi connectivity index (χ3n) is 2.88. The van der Waals surface area contributed by atoms with E-state index in [0.29, 0.717) is 11.1 Å². The van der Waals surface area contributed by atoms with Crippen molar-refractivity contribution in [2.24, 2.45) is 0 Å². The topological polar surface area (TPSA) is 17.1 Å². The molecule has 18 heavy (non-hydrogen) atoms. The third-order valence-corrected chi connectivity index (χ3v) is 3.26. The number of aryl methyl sites for hydroxylation is 1. The van der Waals surface area contributed by atoms with Crippen molar-refractivity contribution in [3.8, 4) is 11.1 Å². The van der Waals surface area contributed by atoms with Crippen LogP contribution in [0.15, 0.2) is 36.4 Å². The molecule has 0 atom stereocenters. The number of carbonyl (C=O) groups excluding carboxylic acids is 1. The van der Waals surface area contributed by atoms with Crippen molar-refractivity contribution in [3.63, 3.8) is 0 Å². The maximum absolute atomic E-state index is 13.4. The minimum Gasteiger partial charge on any atom is -0.295 e. The summed E-state index contributed by atoms with van der Waals surface area (Å²) in [4.78, 5) is 11.5. The summed E-state index contributed by atoms with van der Waals surface area (Å²) in [7, 11) is 0. The standard InChI is InChI=1S/C15H12ClFO/c1-9-6-7-11(8-13(9)10(2)18)12-4-3-5-14(17)15(12)16/h3-8H,1-2H3. The van der Waals surface area contributed by atoms with E-state index in [9.17, 15) is 9.18 Å². The van der Waals surface area contributed by atoms with Crippen LogP contribution >= 0.6 is 11.6 Å². The molecule has 0 saturated heterocycles. The van der Waals surface area contributed by atoms with E-state index in [0.717, 1.165) is 11.1 Å². The summed E-state index contributed by atoms with van der Waals surface area (Å²) in [5, 5.41) is 0.0795. The van der Waals surface area contributed by atoms with E-state index >= 15 is 0 Å². The maximum atomic E-state index is 13.4. The lowest BCUT2D eigenvalue weighted by atomic mass is 9.98. The second-order valence-corrected chi connectivity index (χ2v) is 4.57. The lowest BCUT2D eigenvalue weighted by Crippen LogP contribution is -1.96. The highest BCUT2D eigenvalue weighted by molar-refractivity contribution is 6.33. The molecular formula is C15H12ClFO. The van der Waals surface area contributed by atoms with Gasteiger partial charge >= 0.3 is 0 Å². The van der Waals surface area contributed by atoms with Gasteiger partial charge in [-0.2, -0.15) is 0 Å². The molecule has 2 aromatic rings. The first kappa shape index (κ1) is 12.8. The van der Waals surface area contributed by atoms with Gasteiger partial charge in [-0.3, -0.25) is 4.79 Å². The van der Waals surface area contributed by atoms with Crippen LogP contribution in [0.25, 0.3) is 11.1 Å². The normalized spacial score (nSPS) is 10.4. The molecule has 2 aromatic carbocycles. The van der Waals surface area contributed by atoms with Crippen molar-refractivity contribution in [2.45, 2.75) is 13.8 Å². The van der Waals surface area contributed by atoms with Gasteiger partial charge in [-0.05, 0) is 37.1 Å². The van der Waals surface area contributed by atoms with Crippen LogP contribution < -0.4 is 0 Å². The SMILES string of the molecule is CC(=O)c1cc(-c2cccc(F)c2Cl)ccc1C. The lowest BCUT2D eigenvalue weighted by Gasteiger charge is -2.08. The first-order valence-electron chi connectivity index (χ1n) is 5.56. The van der Waals surface area contributed by atoms with Crippen LogP contribution in [0.2, 0.25) is 5.02 Å². The number of Topliss-reactive ketones (excluding diaryl/α,β-unsaturated/α-hetero) is 1. The summed E-state index contributed by atoms with van der Waals surface area (Å²) in [5.41, 5.74) is 2.88. The Kier molecular flexibility index (Phi) is 3.48. The second kappa shape index (κ2) is 4.91. The Hall–Kier alpha value is -1.67. The summed E-state index contributed by atoms with van der Waals surface area (Å²) in [6.07, 6.45) is 0. The van der Waals surface area contributed by atoms with Gasteiger partial charge in [0.1, 0.15) is 5.82 Å². The average molecular weight is 263 g/mol. The van der Waals surface area contributed by atoms with E-state index in [1.54, 1.807) is 18.2 Å². The van der Waals surface area contributed by atoms with Crippen molar-refractivity contribution in [1.82, 2.24) is 0 Å². The number of halogens is 2. The summed E-state index contributed by atoms with van der Waals surface area (Å²) in [6, 6.07) is 10.1. The molecule has 0 aromatic heterocycles. The van der Waals surface area contributed by atoms with Gasteiger partial charge in [0.2, 0.25) is 0 Å². The second-order valence-electron chi connectivity index (χ2n) is 4.19. The minimum atomic E-state index is -0.459. The molecule has 3 heteroatoms. The van der Waals surface area contributed by atoms with Crippen molar-refractivity contribution < 1.29 is 9.18 Å². The summed E-state index contributed by atoms with van der Waals surface area (Å²) in [6.45, 7) is 3.38. The Morgan fingerprint density at radius 1 is 1.22 bits per heavy atom. The summed E-state index contributed by atoms with van der Waals surface area (Å²) < 4.78 is 13.4. The maximum Gasteiger partial charge on any atom is 0.160 e. The molecule has 0 aliphatic heterocycles. The highest BCUT2D eigenvalue weighted by Crippen LogP contribution is 2.31. The number of benzene rings is 2. The zero-order valence-corrected chi connectivity index (χ0v) is 10.9. The Morgan fingerprint density at radius 2 is 1.94 bits per heavy atom. The van der Waals surface area contributed by atoms with Crippen molar-refractivity contribution in [3.05, 3.63) is 58.4 Å². The van der Waals surface area contributed by atoms with Crippen LogP contribution in [0.3, 0.4) is 0 Å². The van der Waals surface area contributed by atoms with Crippen LogP contribution in [0, 0.1) is 12.7 Å². The van der Waals surface area contributed by atoms with Gasteiger partial charge in [0.25, 0.3) is 0 Å². The molecule has 0 N–H and O–H groups in total. The van der Waals surface area contributed by atoms with E-state index in [1.165, 1.54) is 13.0 Å². The number of hydrogen-bond acceptors (Lipinski definition) is 1. The van der Waals surface area contributed by atoms with Gasteiger partial charge in [0, 0.05) is 11.1 Å². The van der Waals surface area contributed by atoms with Gasteiger partial charge in [-0.1, -0.05) is 35.9 Å². The van der Waals surface area contributed by atoms with E-state index in [1.807, 2.05) is 19.1 Å². The number of carbonyl (C=O) groups is 1.